The van der Waals surface area contributed by atoms with Crippen LogP contribution < -0.4 is 0 Å². The minimum Gasteiger partial charge on any atom is -0.226 e. The van der Waals surface area contributed by atoms with Crippen molar-refractivity contribution in [1.82, 2.24) is 9.97 Å². The molecule has 0 atom stereocenters. The van der Waals surface area contributed by atoms with E-state index in [2.05, 4.69) is 29.9 Å². The molecule has 0 aliphatic carbocycles. The molecule has 1 heterocycles. The molecule has 0 aliphatic rings. The van der Waals surface area contributed by atoms with Gasteiger partial charge in [-0.25, -0.2) is 9.97 Å². The Kier molecular flexibility index (Phi) is 2.38. The van der Waals surface area contributed by atoms with E-state index in [1.807, 2.05) is 6.07 Å². The topological polar surface area (TPSA) is 25.8 Å². The maximum Gasteiger partial charge on any atom is 0.222 e. The van der Waals surface area contributed by atoms with Crippen LogP contribution in [0.3, 0.4) is 0 Å². The van der Waals surface area contributed by atoms with E-state index in [4.69, 9.17) is 11.6 Å². The SMILES string of the molecule is CCc1ccc2nc(Cl)ncc2c1C. The maximum absolute atomic E-state index is 5.72. The highest BCUT2D eigenvalue weighted by Gasteiger charge is 2.03. The molecule has 0 amide bonds. The van der Waals surface area contributed by atoms with Crippen molar-refractivity contribution in [2.45, 2.75) is 20.3 Å². The van der Waals surface area contributed by atoms with Crippen molar-refractivity contribution >= 4 is 22.5 Å². The van der Waals surface area contributed by atoms with Gasteiger partial charge in [-0.15, -0.1) is 0 Å². The minimum absolute atomic E-state index is 0.307. The molecule has 0 fully saturated rings. The fourth-order valence-electron chi connectivity index (χ4n) is 1.65. The van der Waals surface area contributed by atoms with E-state index in [9.17, 15) is 0 Å². The first-order chi connectivity index (χ1) is 6.72. The summed E-state index contributed by atoms with van der Waals surface area (Å²) in [6.07, 6.45) is 2.82. The van der Waals surface area contributed by atoms with E-state index in [0.29, 0.717) is 5.28 Å². The first-order valence-electron chi connectivity index (χ1n) is 4.63. The second-order valence-electron chi connectivity index (χ2n) is 3.28. The Hall–Kier alpha value is -1.15. The molecule has 72 valence electrons. The zero-order valence-electron chi connectivity index (χ0n) is 8.21. The second-order valence-corrected chi connectivity index (χ2v) is 3.61. The molecule has 0 saturated carbocycles. The summed E-state index contributed by atoms with van der Waals surface area (Å²) < 4.78 is 0. The third-order valence-electron chi connectivity index (χ3n) is 2.50. The van der Waals surface area contributed by atoms with Crippen LogP contribution >= 0.6 is 11.6 Å². The van der Waals surface area contributed by atoms with Gasteiger partial charge >= 0.3 is 0 Å². The Bertz CT molecular complexity index is 480. The van der Waals surface area contributed by atoms with Gasteiger partial charge in [-0.05, 0) is 42.1 Å². The Morgan fingerprint density at radius 2 is 2.14 bits per heavy atom. The van der Waals surface area contributed by atoms with Crippen LogP contribution in [0, 0.1) is 6.92 Å². The lowest BCUT2D eigenvalue weighted by atomic mass is 10.0. The molecule has 2 rings (SSSR count). The molecule has 1 aromatic heterocycles. The van der Waals surface area contributed by atoms with Gasteiger partial charge in [0.2, 0.25) is 5.28 Å². The van der Waals surface area contributed by atoms with Crippen molar-refractivity contribution in [1.29, 1.82) is 0 Å². The average molecular weight is 207 g/mol. The van der Waals surface area contributed by atoms with Crippen LogP contribution in [0.2, 0.25) is 5.28 Å². The van der Waals surface area contributed by atoms with Crippen LogP contribution in [-0.2, 0) is 6.42 Å². The van der Waals surface area contributed by atoms with Crippen molar-refractivity contribution < 1.29 is 0 Å². The standard InChI is InChI=1S/C11H11ClN2/c1-3-8-4-5-10-9(7(8)2)6-13-11(12)14-10/h4-6H,3H2,1-2H3. The van der Waals surface area contributed by atoms with Crippen LogP contribution in [0.5, 0.6) is 0 Å². The van der Waals surface area contributed by atoms with E-state index >= 15 is 0 Å². The number of rotatable bonds is 1. The molecule has 2 nitrogen and oxygen atoms in total. The molecule has 0 radical (unpaired) electrons. The predicted molar refractivity (Wildman–Crippen MR) is 58.7 cm³/mol. The number of aromatic nitrogens is 2. The Morgan fingerprint density at radius 1 is 1.36 bits per heavy atom. The highest BCUT2D eigenvalue weighted by atomic mass is 35.5. The van der Waals surface area contributed by atoms with Gasteiger partial charge in [-0.3, -0.25) is 0 Å². The van der Waals surface area contributed by atoms with Crippen molar-refractivity contribution in [2.75, 3.05) is 0 Å². The molecule has 0 saturated heterocycles. The summed E-state index contributed by atoms with van der Waals surface area (Å²) in [6, 6.07) is 4.09. The Labute approximate surface area is 88.0 Å². The number of benzene rings is 1. The second kappa shape index (κ2) is 3.54. The van der Waals surface area contributed by atoms with Crippen molar-refractivity contribution in [3.63, 3.8) is 0 Å². The smallest absolute Gasteiger partial charge is 0.222 e. The third kappa shape index (κ3) is 1.46. The molecule has 0 N–H and O–H groups in total. The molecule has 1 aromatic carbocycles. The van der Waals surface area contributed by atoms with Gasteiger partial charge < -0.3 is 0 Å². The normalized spacial score (nSPS) is 10.8. The summed E-state index contributed by atoms with van der Waals surface area (Å²) in [4.78, 5) is 8.16. The Balaban J connectivity index is 2.77. The molecule has 0 spiro atoms. The van der Waals surface area contributed by atoms with E-state index in [1.165, 1.54) is 11.1 Å². The molecule has 0 unspecified atom stereocenters. The van der Waals surface area contributed by atoms with Crippen LogP contribution in [0.1, 0.15) is 18.1 Å². The summed E-state index contributed by atoms with van der Waals surface area (Å²) in [5.74, 6) is 0. The van der Waals surface area contributed by atoms with Crippen LogP contribution in [0.25, 0.3) is 10.9 Å². The summed E-state index contributed by atoms with van der Waals surface area (Å²) in [5.41, 5.74) is 3.50. The number of fused-ring (bicyclic) bond motifs is 1. The third-order valence-corrected chi connectivity index (χ3v) is 2.68. The Morgan fingerprint density at radius 3 is 2.86 bits per heavy atom. The van der Waals surface area contributed by atoms with Crippen molar-refractivity contribution in [2.24, 2.45) is 0 Å². The van der Waals surface area contributed by atoms with Gasteiger partial charge in [-0.2, -0.15) is 0 Å². The van der Waals surface area contributed by atoms with Gasteiger partial charge in [0.1, 0.15) is 0 Å². The number of hydrogen-bond acceptors (Lipinski definition) is 2. The predicted octanol–water partition coefficient (Wildman–Crippen LogP) is 3.15. The summed E-state index contributed by atoms with van der Waals surface area (Å²) >= 11 is 5.72. The lowest BCUT2D eigenvalue weighted by Gasteiger charge is -2.06. The summed E-state index contributed by atoms with van der Waals surface area (Å²) in [5, 5.41) is 1.40. The van der Waals surface area contributed by atoms with Crippen LogP contribution in [-0.4, -0.2) is 9.97 Å². The van der Waals surface area contributed by atoms with Gasteiger partial charge in [0, 0.05) is 11.6 Å². The minimum atomic E-state index is 0.307. The average Bonchev–Trinajstić information content (AvgIpc) is 2.18. The van der Waals surface area contributed by atoms with E-state index < -0.39 is 0 Å². The molecule has 0 bridgehead atoms. The fraction of sp³-hybridized carbons (Fsp3) is 0.273. The molecular weight excluding hydrogens is 196 g/mol. The molecule has 3 heteroatoms. The molecular formula is C11H11ClN2. The maximum atomic E-state index is 5.72. The lowest BCUT2D eigenvalue weighted by Crippen LogP contribution is -1.91. The van der Waals surface area contributed by atoms with Crippen LogP contribution in [0.15, 0.2) is 18.3 Å². The highest BCUT2D eigenvalue weighted by Crippen LogP contribution is 2.20. The molecule has 14 heavy (non-hydrogen) atoms. The van der Waals surface area contributed by atoms with E-state index in [1.54, 1.807) is 6.20 Å². The highest BCUT2D eigenvalue weighted by molar-refractivity contribution is 6.28. The largest absolute Gasteiger partial charge is 0.226 e. The first-order valence-corrected chi connectivity index (χ1v) is 5.01. The molecule has 0 aliphatic heterocycles. The number of halogens is 1. The van der Waals surface area contributed by atoms with E-state index in [0.717, 1.165) is 17.3 Å². The van der Waals surface area contributed by atoms with E-state index in [-0.39, 0.29) is 0 Å². The summed E-state index contributed by atoms with van der Waals surface area (Å²) in [6.45, 7) is 4.24. The van der Waals surface area contributed by atoms with Crippen LogP contribution in [0.4, 0.5) is 0 Å². The van der Waals surface area contributed by atoms with Crippen molar-refractivity contribution in [3.8, 4) is 0 Å². The number of aryl methyl sites for hydroxylation is 2. The zero-order valence-corrected chi connectivity index (χ0v) is 8.97. The quantitative estimate of drug-likeness (QED) is 0.670. The van der Waals surface area contributed by atoms with Gasteiger partial charge in [0.25, 0.3) is 0 Å². The van der Waals surface area contributed by atoms with Gasteiger partial charge in [-0.1, -0.05) is 13.0 Å². The summed E-state index contributed by atoms with van der Waals surface area (Å²) in [7, 11) is 0. The van der Waals surface area contributed by atoms with Gasteiger partial charge in [0.05, 0.1) is 5.52 Å². The van der Waals surface area contributed by atoms with Crippen molar-refractivity contribution in [3.05, 3.63) is 34.7 Å². The number of nitrogens with zero attached hydrogens (tertiary/aromatic N) is 2. The monoisotopic (exact) mass is 206 g/mol. The zero-order chi connectivity index (χ0) is 10.1. The fourth-order valence-corrected chi connectivity index (χ4v) is 1.79. The molecule has 2 aromatic rings. The first kappa shape index (κ1) is 9.41. The lowest BCUT2D eigenvalue weighted by molar-refractivity contribution is 1.11. The number of hydrogen-bond donors (Lipinski definition) is 0. The van der Waals surface area contributed by atoms with Gasteiger partial charge in [0.15, 0.2) is 0 Å².